The molecule has 3 aromatic rings. The van der Waals surface area contributed by atoms with E-state index < -0.39 is 22.8 Å². The molecule has 3 heterocycles. The third-order valence-electron chi connectivity index (χ3n) is 6.26. The highest BCUT2D eigenvalue weighted by Crippen LogP contribution is 2.39. The summed E-state index contributed by atoms with van der Waals surface area (Å²) in [5.41, 5.74) is 0.785. The molecule has 8 nitrogen and oxygen atoms in total. The lowest BCUT2D eigenvalue weighted by Crippen LogP contribution is -2.35. The Bertz CT molecular complexity index is 1530. The third kappa shape index (κ3) is 5.41. The van der Waals surface area contributed by atoms with Gasteiger partial charge in [-0.3, -0.25) is 19.3 Å². The number of halogens is 3. The Hall–Kier alpha value is -3.76. The van der Waals surface area contributed by atoms with E-state index in [0.717, 1.165) is 18.2 Å². The fourth-order valence-electron chi connectivity index (χ4n) is 4.00. The molecular weight excluding hydrogens is 516 g/mol. The normalized spacial score (nSPS) is 14.6. The van der Waals surface area contributed by atoms with E-state index in [1.54, 1.807) is 25.3 Å². The van der Waals surface area contributed by atoms with Crippen molar-refractivity contribution in [1.29, 1.82) is 0 Å². The van der Waals surface area contributed by atoms with Gasteiger partial charge in [0, 0.05) is 29.7 Å². The number of hydrogen-bond donors (Lipinski definition) is 1. The topological polar surface area (TPSA) is 102 Å². The average Bonchev–Trinajstić information content (AvgIpc) is 2.86. The first-order chi connectivity index (χ1) is 18.0. The third-order valence-corrected chi connectivity index (χ3v) is 6.61. The van der Waals surface area contributed by atoms with Gasteiger partial charge >= 0.3 is 0 Å². The van der Waals surface area contributed by atoms with Crippen molar-refractivity contribution < 1.29 is 18.6 Å². The molecule has 0 radical (unpaired) electrons. The molecule has 0 aromatic carbocycles. The number of pyridine rings is 2. The van der Waals surface area contributed by atoms with Crippen molar-refractivity contribution >= 4 is 29.7 Å². The summed E-state index contributed by atoms with van der Waals surface area (Å²) >= 11 is 6.37. The second-order valence-corrected chi connectivity index (χ2v) is 9.58. The molecule has 0 spiro atoms. The summed E-state index contributed by atoms with van der Waals surface area (Å²) in [7, 11) is 0. The molecule has 11 heteroatoms. The molecule has 0 aliphatic heterocycles. The van der Waals surface area contributed by atoms with Crippen LogP contribution in [0.25, 0.3) is 11.4 Å². The van der Waals surface area contributed by atoms with Gasteiger partial charge in [0.05, 0.1) is 17.6 Å². The minimum absolute atomic E-state index is 0.0317. The molecule has 0 bridgehead atoms. The predicted octanol–water partition coefficient (Wildman–Crippen LogP) is 5.22. The van der Waals surface area contributed by atoms with Crippen LogP contribution in [0.1, 0.15) is 56.0 Å². The highest BCUT2D eigenvalue weighted by Gasteiger charge is 2.39. The number of aliphatic imine (C=N–C) groups is 1. The first-order valence-electron chi connectivity index (χ1n) is 11.8. The molecule has 3 aromatic heterocycles. The standard InChI is InChI=1S/C27H26ClF2N5O3/c1-15(2)22(12-20(31-4)19-6-9-32-26(34-19)27(37)7-5-8-27)35-16(3)10-23(24(28)25(35)36)38-14-21-18(30)11-17(29)13-33-21/h6,9-13,37H,4-5,7-8,14H2,1-3H3/b20-12-. The van der Waals surface area contributed by atoms with E-state index in [1.165, 1.54) is 10.6 Å². The Balaban J connectivity index is 1.70. The summed E-state index contributed by atoms with van der Waals surface area (Å²) < 4.78 is 34.0. The molecule has 4 rings (SSSR count). The molecule has 1 saturated carbocycles. The quantitative estimate of drug-likeness (QED) is 0.310. The lowest BCUT2D eigenvalue weighted by molar-refractivity contribution is -0.0468. The summed E-state index contributed by atoms with van der Waals surface area (Å²) in [4.78, 5) is 29.9. The van der Waals surface area contributed by atoms with Crippen LogP contribution in [0.2, 0.25) is 5.02 Å². The first kappa shape index (κ1) is 27.3. The monoisotopic (exact) mass is 541 g/mol. The molecule has 0 saturated heterocycles. The zero-order valence-electron chi connectivity index (χ0n) is 21.1. The summed E-state index contributed by atoms with van der Waals surface area (Å²) in [5.74, 6) is -1.33. The van der Waals surface area contributed by atoms with Crippen LogP contribution < -0.4 is 10.3 Å². The molecule has 1 N–H and O–H groups in total. The average molecular weight is 542 g/mol. The van der Waals surface area contributed by atoms with Crippen LogP contribution in [-0.4, -0.2) is 31.3 Å². The van der Waals surface area contributed by atoms with Crippen molar-refractivity contribution in [3.05, 3.63) is 92.2 Å². The molecule has 0 atom stereocenters. The minimum Gasteiger partial charge on any atom is -0.485 e. The van der Waals surface area contributed by atoms with Gasteiger partial charge < -0.3 is 9.84 Å². The van der Waals surface area contributed by atoms with Crippen LogP contribution in [0.15, 0.2) is 52.0 Å². The van der Waals surface area contributed by atoms with E-state index in [1.807, 2.05) is 13.8 Å². The second-order valence-electron chi connectivity index (χ2n) is 9.20. The van der Waals surface area contributed by atoms with E-state index in [9.17, 15) is 18.7 Å². The van der Waals surface area contributed by atoms with Gasteiger partial charge in [-0.2, -0.15) is 0 Å². The van der Waals surface area contributed by atoms with Crippen LogP contribution in [0.4, 0.5) is 8.78 Å². The molecule has 1 fully saturated rings. The number of aryl methyl sites for hydroxylation is 1. The van der Waals surface area contributed by atoms with Crippen molar-refractivity contribution in [2.45, 2.75) is 52.2 Å². The van der Waals surface area contributed by atoms with Crippen LogP contribution >= 0.6 is 11.6 Å². The number of ether oxygens (including phenoxy) is 1. The number of allylic oxidation sites excluding steroid dienone is 3. The zero-order chi connectivity index (χ0) is 27.6. The Morgan fingerprint density at radius 1 is 1.32 bits per heavy atom. The van der Waals surface area contributed by atoms with E-state index >= 15 is 0 Å². The van der Waals surface area contributed by atoms with Crippen molar-refractivity contribution in [1.82, 2.24) is 19.5 Å². The van der Waals surface area contributed by atoms with Crippen LogP contribution in [0, 0.1) is 18.6 Å². The summed E-state index contributed by atoms with van der Waals surface area (Å²) in [6.45, 7) is 8.64. The van der Waals surface area contributed by atoms with Gasteiger partial charge in [-0.15, -0.1) is 0 Å². The Morgan fingerprint density at radius 2 is 2.05 bits per heavy atom. The van der Waals surface area contributed by atoms with Crippen molar-refractivity contribution in [2.75, 3.05) is 0 Å². The maximum absolute atomic E-state index is 13.9. The summed E-state index contributed by atoms with van der Waals surface area (Å²) in [6.07, 6.45) is 6.14. The highest BCUT2D eigenvalue weighted by molar-refractivity contribution is 6.31. The van der Waals surface area contributed by atoms with Gasteiger partial charge in [0.2, 0.25) is 0 Å². The Morgan fingerprint density at radius 3 is 2.66 bits per heavy atom. The number of aliphatic hydroxyl groups is 1. The lowest BCUT2D eigenvalue weighted by Gasteiger charge is -2.34. The van der Waals surface area contributed by atoms with Gasteiger partial charge in [0.1, 0.15) is 34.5 Å². The molecule has 1 aliphatic carbocycles. The maximum atomic E-state index is 13.9. The van der Waals surface area contributed by atoms with E-state index in [4.69, 9.17) is 16.3 Å². The predicted molar refractivity (Wildman–Crippen MR) is 141 cm³/mol. The van der Waals surface area contributed by atoms with E-state index in [-0.39, 0.29) is 23.1 Å². The molecule has 198 valence electrons. The maximum Gasteiger partial charge on any atom is 0.277 e. The van der Waals surface area contributed by atoms with Crippen LogP contribution in [0.5, 0.6) is 5.75 Å². The van der Waals surface area contributed by atoms with Gasteiger partial charge in [-0.1, -0.05) is 17.2 Å². The van der Waals surface area contributed by atoms with Crippen molar-refractivity contribution in [2.24, 2.45) is 4.99 Å². The zero-order valence-corrected chi connectivity index (χ0v) is 21.9. The molecular formula is C27H26ClF2N5O3. The number of hydrogen-bond acceptors (Lipinski definition) is 7. The fourth-order valence-corrected chi connectivity index (χ4v) is 4.20. The summed E-state index contributed by atoms with van der Waals surface area (Å²) in [6, 6.07) is 3.89. The van der Waals surface area contributed by atoms with Crippen LogP contribution in [-0.2, 0) is 12.2 Å². The number of aromatic nitrogens is 4. The van der Waals surface area contributed by atoms with Gasteiger partial charge in [0.25, 0.3) is 5.56 Å². The molecule has 0 amide bonds. The fraction of sp³-hybridized carbons (Fsp3) is 0.296. The van der Waals surface area contributed by atoms with Crippen molar-refractivity contribution in [3.63, 3.8) is 0 Å². The van der Waals surface area contributed by atoms with Gasteiger partial charge in [0.15, 0.2) is 11.6 Å². The number of rotatable bonds is 8. The number of nitrogens with zero attached hydrogens (tertiary/aromatic N) is 5. The van der Waals surface area contributed by atoms with Gasteiger partial charge in [-0.25, -0.2) is 18.7 Å². The summed E-state index contributed by atoms with van der Waals surface area (Å²) in [5, 5.41) is 10.4. The van der Waals surface area contributed by atoms with Gasteiger partial charge in [-0.05, 0) is 58.9 Å². The SMILES string of the molecule is C=N/C(=C\C(=C(C)C)n1c(C)cc(OCc2ncc(F)cc2F)c(Cl)c1=O)c1ccnc(C2(O)CCC2)n1. The van der Waals surface area contributed by atoms with E-state index in [0.29, 0.717) is 47.5 Å². The Kier molecular flexibility index (Phi) is 7.84. The minimum atomic E-state index is -1.05. The molecule has 38 heavy (non-hydrogen) atoms. The lowest BCUT2D eigenvalue weighted by atomic mass is 9.79. The second kappa shape index (κ2) is 10.9. The smallest absolute Gasteiger partial charge is 0.277 e. The van der Waals surface area contributed by atoms with Crippen molar-refractivity contribution in [3.8, 4) is 5.75 Å². The first-order valence-corrected chi connectivity index (χ1v) is 12.2. The Labute approximate surface area is 223 Å². The highest BCUT2D eigenvalue weighted by atomic mass is 35.5. The largest absolute Gasteiger partial charge is 0.485 e. The molecule has 0 unspecified atom stereocenters. The molecule has 1 aliphatic rings. The van der Waals surface area contributed by atoms with E-state index in [2.05, 4.69) is 26.7 Å². The van der Waals surface area contributed by atoms with Crippen LogP contribution in [0.3, 0.4) is 0 Å².